The largest absolute Gasteiger partial charge is 0.389 e. The SMILES string of the molecule is CC(O)/C=C/c1cncs1. The first kappa shape index (κ1) is 7.44. The van der Waals surface area contributed by atoms with Crippen molar-refractivity contribution in [3.63, 3.8) is 0 Å². The van der Waals surface area contributed by atoms with Gasteiger partial charge in [-0.1, -0.05) is 6.08 Å². The maximum absolute atomic E-state index is 8.85. The standard InChI is InChI=1S/C7H9NOS/c1-6(9)2-3-7-4-8-5-10-7/h2-6,9H,1H3/b3-2+. The van der Waals surface area contributed by atoms with Crippen LogP contribution >= 0.6 is 11.3 Å². The minimum absolute atomic E-state index is 0.373. The van der Waals surface area contributed by atoms with Crippen molar-refractivity contribution < 1.29 is 5.11 Å². The van der Waals surface area contributed by atoms with Gasteiger partial charge in [0.25, 0.3) is 0 Å². The molecular weight excluding hydrogens is 146 g/mol. The summed E-state index contributed by atoms with van der Waals surface area (Å²) in [5, 5.41) is 8.85. The summed E-state index contributed by atoms with van der Waals surface area (Å²) in [4.78, 5) is 4.96. The van der Waals surface area contributed by atoms with Crippen LogP contribution in [0.25, 0.3) is 6.08 Å². The summed E-state index contributed by atoms with van der Waals surface area (Å²) in [5.41, 5.74) is 1.77. The Morgan fingerprint density at radius 3 is 3.10 bits per heavy atom. The van der Waals surface area contributed by atoms with Gasteiger partial charge in [0.15, 0.2) is 0 Å². The van der Waals surface area contributed by atoms with Crippen LogP contribution in [-0.2, 0) is 0 Å². The van der Waals surface area contributed by atoms with Crippen molar-refractivity contribution in [1.82, 2.24) is 4.98 Å². The fraction of sp³-hybridized carbons (Fsp3) is 0.286. The fourth-order valence-corrected chi connectivity index (χ4v) is 1.06. The van der Waals surface area contributed by atoms with E-state index in [2.05, 4.69) is 4.98 Å². The van der Waals surface area contributed by atoms with E-state index in [-0.39, 0.29) is 6.10 Å². The smallest absolute Gasteiger partial charge is 0.0797 e. The lowest BCUT2D eigenvalue weighted by atomic mass is 10.3. The molecule has 1 atom stereocenters. The van der Waals surface area contributed by atoms with Gasteiger partial charge in [-0.3, -0.25) is 4.98 Å². The highest BCUT2D eigenvalue weighted by atomic mass is 32.1. The average molecular weight is 155 g/mol. The van der Waals surface area contributed by atoms with E-state index in [0.29, 0.717) is 0 Å². The second kappa shape index (κ2) is 3.49. The van der Waals surface area contributed by atoms with Crippen molar-refractivity contribution in [1.29, 1.82) is 0 Å². The van der Waals surface area contributed by atoms with E-state index in [4.69, 9.17) is 5.11 Å². The van der Waals surface area contributed by atoms with Crippen LogP contribution in [0.1, 0.15) is 11.8 Å². The molecule has 1 N–H and O–H groups in total. The molecule has 0 fully saturated rings. The number of rotatable bonds is 2. The highest BCUT2D eigenvalue weighted by molar-refractivity contribution is 7.10. The molecule has 10 heavy (non-hydrogen) atoms. The van der Waals surface area contributed by atoms with Gasteiger partial charge in [-0.25, -0.2) is 0 Å². The van der Waals surface area contributed by atoms with E-state index in [0.717, 1.165) is 4.88 Å². The van der Waals surface area contributed by atoms with E-state index >= 15 is 0 Å². The van der Waals surface area contributed by atoms with E-state index < -0.39 is 0 Å². The zero-order chi connectivity index (χ0) is 7.40. The Bertz CT molecular complexity index is 203. The molecule has 0 spiro atoms. The van der Waals surface area contributed by atoms with Crippen molar-refractivity contribution >= 4 is 17.4 Å². The molecule has 0 aromatic carbocycles. The lowest BCUT2D eigenvalue weighted by Crippen LogP contribution is -1.90. The van der Waals surface area contributed by atoms with E-state index in [1.165, 1.54) is 0 Å². The summed E-state index contributed by atoms with van der Waals surface area (Å²) >= 11 is 1.56. The third-order valence-corrected chi connectivity index (χ3v) is 1.73. The molecule has 2 nitrogen and oxygen atoms in total. The lowest BCUT2D eigenvalue weighted by Gasteiger charge is -1.89. The van der Waals surface area contributed by atoms with Crippen LogP contribution < -0.4 is 0 Å². The first-order valence-electron chi connectivity index (χ1n) is 3.04. The average Bonchev–Trinajstić information content (AvgIpc) is 2.34. The summed E-state index contributed by atoms with van der Waals surface area (Å²) in [6.45, 7) is 1.72. The number of aliphatic hydroxyl groups excluding tert-OH is 1. The topological polar surface area (TPSA) is 33.1 Å². The van der Waals surface area contributed by atoms with E-state index in [9.17, 15) is 0 Å². The normalized spacial score (nSPS) is 14.2. The Hall–Kier alpha value is -0.670. The van der Waals surface area contributed by atoms with Crippen LogP contribution in [0.15, 0.2) is 17.8 Å². The van der Waals surface area contributed by atoms with Gasteiger partial charge in [0, 0.05) is 11.1 Å². The second-order valence-corrected chi connectivity index (χ2v) is 2.92. The second-order valence-electron chi connectivity index (χ2n) is 2.00. The van der Waals surface area contributed by atoms with Gasteiger partial charge < -0.3 is 5.11 Å². The molecule has 0 aliphatic rings. The van der Waals surface area contributed by atoms with Crippen molar-refractivity contribution in [2.45, 2.75) is 13.0 Å². The number of hydrogen-bond donors (Lipinski definition) is 1. The Morgan fingerprint density at radius 1 is 1.80 bits per heavy atom. The van der Waals surface area contributed by atoms with Crippen LogP contribution in [0.5, 0.6) is 0 Å². The monoisotopic (exact) mass is 155 g/mol. The minimum atomic E-state index is -0.373. The molecule has 54 valence electrons. The maximum Gasteiger partial charge on any atom is 0.0797 e. The third-order valence-electron chi connectivity index (χ3n) is 0.990. The third kappa shape index (κ3) is 2.29. The molecular formula is C7H9NOS. The Balaban J connectivity index is 2.55. The van der Waals surface area contributed by atoms with Gasteiger partial charge >= 0.3 is 0 Å². The number of aliphatic hydroxyl groups is 1. The van der Waals surface area contributed by atoms with Gasteiger partial charge in [-0.05, 0) is 13.0 Å². The zero-order valence-corrected chi connectivity index (χ0v) is 6.51. The summed E-state index contributed by atoms with van der Waals surface area (Å²) in [6.07, 6.45) is 4.99. The van der Waals surface area contributed by atoms with Gasteiger partial charge in [0.2, 0.25) is 0 Å². The molecule has 0 amide bonds. The predicted molar refractivity (Wildman–Crippen MR) is 42.8 cm³/mol. The fourth-order valence-electron chi connectivity index (χ4n) is 0.542. The zero-order valence-electron chi connectivity index (χ0n) is 5.69. The number of thiazole rings is 1. The summed E-state index contributed by atoms with van der Waals surface area (Å²) in [7, 11) is 0. The molecule has 3 heteroatoms. The summed E-state index contributed by atoms with van der Waals surface area (Å²) in [5.74, 6) is 0. The molecule has 1 rings (SSSR count). The van der Waals surface area contributed by atoms with Gasteiger partial charge in [0.05, 0.1) is 11.6 Å². The van der Waals surface area contributed by atoms with E-state index in [1.807, 2.05) is 6.08 Å². The van der Waals surface area contributed by atoms with Gasteiger partial charge in [-0.15, -0.1) is 11.3 Å². The Labute approximate surface area is 63.9 Å². The first-order chi connectivity index (χ1) is 4.79. The molecule has 1 heterocycles. The molecule has 0 saturated heterocycles. The van der Waals surface area contributed by atoms with Crippen molar-refractivity contribution in [3.8, 4) is 0 Å². The molecule has 0 aliphatic heterocycles. The minimum Gasteiger partial charge on any atom is -0.389 e. The summed E-state index contributed by atoms with van der Waals surface area (Å²) in [6, 6.07) is 0. The Morgan fingerprint density at radius 2 is 2.60 bits per heavy atom. The lowest BCUT2D eigenvalue weighted by molar-refractivity contribution is 0.245. The van der Waals surface area contributed by atoms with E-state index in [1.54, 1.807) is 36.0 Å². The highest BCUT2D eigenvalue weighted by Gasteiger charge is 1.88. The summed E-state index contributed by atoms with van der Waals surface area (Å²) < 4.78 is 0. The van der Waals surface area contributed by atoms with Gasteiger partial charge in [0.1, 0.15) is 0 Å². The molecule has 1 unspecified atom stereocenters. The number of aromatic nitrogens is 1. The molecule has 0 aliphatic carbocycles. The van der Waals surface area contributed by atoms with Crippen molar-refractivity contribution in [2.24, 2.45) is 0 Å². The Kier molecular flexibility index (Phi) is 2.59. The van der Waals surface area contributed by atoms with Crippen LogP contribution in [-0.4, -0.2) is 16.2 Å². The quantitative estimate of drug-likeness (QED) is 0.702. The van der Waals surface area contributed by atoms with Gasteiger partial charge in [-0.2, -0.15) is 0 Å². The molecule has 0 radical (unpaired) electrons. The van der Waals surface area contributed by atoms with Crippen LogP contribution in [0.4, 0.5) is 0 Å². The first-order valence-corrected chi connectivity index (χ1v) is 3.92. The maximum atomic E-state index is 8.85. The molecule has 0 saturated carbocycles. The van der Waals surface area contributed by atoms with Crippen LogP contribution in [0, 0.1) is 0 Å². The van der Waals surface area contributed by atoms with Crippen molar-refractivity contribution in [3.05, 3.63) is 22.7 Å². The molecule has 1 aromatic rings. The molecule has 0 bridgehead atoms. The highest BCUT2D eigenvalue weighted by Crippen LogP contribution is 2.07. The molecule has 1 aromatic heterocycles. The van der Waals surface area contributed by atoms with Crippen LogP contribution in [0.3, 0.4) is 0 Å². The predicted octanol–water partition coefficient (Wildman–Crippen LogP) is 1.54. The number of hydrogen-bond acceptors (Lipinski definition) is 3. The van der Waals surface area contributed by atoms with Crippen molar-refractivity contribution in [2.75, 3.05) is 0 Å². The number of nitrogens with zero attached hydrogens (tertiary/aromatic N) is 1. The van der Waals surface area contributed by atoms with Crippen LogP contribution in [0.2, 0.25) is 0 Å².